The van der Waals surface area contributed by atoms with Gasteiger partial charge in [0.05, 0.1) is 23.1 Å². The van der Waals surface area contributed by atoms with Gasteiger partial charge in [-0.3, -0.25) is 19.7 Å². The van der Waals surface area contributed by atoms with Gasteiger partial charge in [0.1, 0.15) is 23.9 Å². The van der Waals surface area contributed by atoms with Crippen LogP contribution in [0.2, 0.25) is 0 Å². The maximum Gasteiger partial charge on any atom is 0.295 e. The third-order valence-electron chi connectivity index (χ3n) is 5.92. The van der Waals surface area contributed by atoms with Gasteiger partial charge in [0.2, 0.25) is 0 Å². The molecule has 1 unspecified atom stereocenters. The fourth-order valence-electron chi connectivity index (χ4n) is 4.06. The summed E-state index contributed by atoms with van der Waals surface area (Å²) in [6.45, 7) is 0.443. The standard InChI is InChI=1S/C27H23FN2O7/c1-36-14-13-29-24(18-7-11-22(12-8-18)37-16-17-5-9-20(28)10-6-17)23(26(32)27(29)33)25(31)19-3-2-4-21(15-19)30(34)35/h2-12,15,24,31H,13-14,16H2,1H3/b25-23-. The van der Waals surface area contributed by atoms with Crippen molar-refractivity contribution in [1.29, 1.82) is 0 Å². The van der Waals surface area contributed by atoms with Crippen LogP contribution < -0.4 is 4.74 Å². The molecule has 37 heavy (non-hydrogen) atoms. The summed E-state index contributed by atoms with van der Waals surface area (Å²) < 4.78 is 23.9. The number of hydrogen-bond donors (Lipinski definition) is 1. The fourth-order valence-corrected chi connectivity index (χ4v) is 4.06. The van der Waals surface area contributed by atoms with Crippen molar-refractivity contribution in [2.24, 2.45) is 0 Å². The molecule has 1 heterocycles. The van der Waals surface area contributed by atoms with Gasteiger partial charge in [0.25, 0.3) is 17.4 Å². The molecule has 1 aliphatic heterocycles. The molecule has 1 amide bonds. The van der Waals surface area contributed by atoms with Crippen LogP contribution in [-0.4, -0.2) is 46.9 Å². The number of benzene rings is 3. The highest BCUT2D eigenvalue weighted by molar-refractivity contribution is 6.46. The lowest BCUT2D eigenvalue weighted by molar-refractivity contribution is -0.384. The number of ether oxygens (including phenoxy) is 2. The minimum Gasteiger partial charge on any atom is -0.507 e. The van der Waals surface area contributed by atoms with Gasteiger partial charge in [0, 0.05) is 31.4 Å². The lowest BCUT2D eigenvalue weighted by Crippen LogP contribution is -2.32. The number of halogens is 1. The maximum absolute atomic E-state index is 13.1. The molecule has 4 rings (SSSR count). The number of carbonyl (C=O) groups is 2. The Morgan fingerprint density at radius 2 is 1.78 bits per heavy atom. The van der Waals surface area contributed by atoms with E-state index < -0.39 is 28.4 Å². The molecule has 1 fully saturated rings. The van der Waals surface area contributed by atoms with Gasteiger partial charge in [0.15, 0.2) is 0 Å². The van der Waals surface area contributed by atoms with E-state index in [9.17, 15) is 29.2 Å². The zero-order valence-corrected chi connectivity index (χ0v) is 19.8. The van der Waals surface area contributed by atoms with Crippen molar-refractivity contribution in [2.75, 3.05) is 20.3 Å². The Kier molecular flexibility index (Phi) is 7.59. The van der Waals surface area contributed by atoms with Crippen LogP contribution in [0.15, 0.2) is 78.4 Å². The van der Waals surface area contributed by atoms with Gasteiger partial charge in [-0.2, -0.15) is 0 Å². The summed E-state index contributed by atoms with van der Waals surface area (Å²) in [5, 5.41) is 22.2. The number of amides is 1. The number of Topliss-reactive ketones (excluding diaryl/α,β-unsaturated/α-hetero) is 1. The highest BCUT2D eigenvalue weighted by Gasteiger charge is 2.46. The Bertz CT molecular complexity index is 1350. The summed E-state index contributed by atoms with van der Waals surface area (Å²) >= 11 is 0. The Balaban J connectivity index is 1.68. The second kappa shape index (κ2) is 11.0. The highest BCUT2D eigenvalue weighted by atomic mass is 19.1. The number of ketones is 1. The molecule has 10 heteroatoms. The summed E-state index contributed by atoms with van der Waals surface area (Å²) in [6.07, 6.45) is 0. The predicted molar refractivity (Wildman–Crippen MR) is 131 cm³/mol. The number of carbonyl (C=O) groups excluding carboxylic acids is 2. The van der Waals surface area contributed by atoms with Crippen LogP contribution in [0.4, 0.5) is 10.1 Å². The summed E-state index contributed by atoms with van der Waals surface area (Å²) in [4.78, 5) is 37.8. The smallest absolute Gasteiger partial charge is 0.295 e. The Morgan fingerprint density at radius 3 is 2.43 bits per heavy atom. The van der Waals surface area contributed by atoms with Crippen molar-refractivity contribution < 1.29 is 33.5 Å². The van der Waals surface area contributed by atoms with Crippen molar-refractivity contribution in [1.82, 2.24) is 4.90 Å². The lowest BCUT2D eigenvalue weighted by Gasteiger charge is -2.25. The number of hydrogen-bond acceptors (Lipinski definition) is 7. The van der Waals surface area contributed by atoms with E-state index in [4.69, 9.17) is 9.47 Å². The molecular formula is C27H23FN2O7. The number of aliphatic hydroxyl groups excluding tert-OH is 1. The van der Waals surface area contributed by atoms with Gasteiger partial charge < -0.3 is 19.5 Å². The van der Waals surface area contributed by atoms with Crippen LogP contribution in [0.25, 0.3) is 5.76 Å². The zero-order chi connectivity index (χ0) is 26.5. The Hall–Kier alpha value is -4.57. The van der Waals surface area contributed by atoms with Gasteiger partial charge >= 0.3 is 0 Å². The minimum absolute atomic E-state index is 0.0446. The molecule has 0 radical (unpaired) electrons. The molecule has 1 N–H and O–H groups in total. The van der Waals surface area contributed by atoms with Gasteiger partial charge in [-0.15, -0.1) is 0 Å². The summed E-state index contributed by atoms with van der Waals surface area (Å²) in [5.74, 6) is -2.07. The molecule has 0 aromatic heterocycles. The first kappa shape index (κ1) is 25.5. The number of nitro benzene ring substituents is 1. The van der Waals surface area contributed by atoms with Gasteiger partial charge in [-0.25, -0.2) is 4.39 Å². The van der Waals surface area contributed by atoms with Crippen molar-refractivity contribution in [3.8, 4) is 5.75 Å². The molecule has 190 valence electrons. The van der Waals surface area contributed by atoms with Crippen LogP contribution in [0.1, 0.15) is 22.7 Å². The molecule has 3 aromatic carbocycles. The van der Waals surface area contributed by atoms with Crippen LogP contribution in [0.5, 0.6) is 5.75 Å². The molecule has 0 bridgehead atoms. The average molecular weight is 506 g/mol. The largest absolute Gasteiger partial charge is 0.507 e. The second-order valence-corrected chi connectivity index (χ2v) is 8.28. The first-order valence-electron chi connectivity index (χ1n) is 11.3. The molecular weight excluding hydrogens is 483 g/mol. The Morgan fingerprint density at radius 1 is 1.08 bits per heavy atom. The average Bonchev–Trinajstić information content (AvgIpc) is 3.16. The maximum atomic E-state index is 13.1. The van der Waals surface area contributed by atoms with Crippen molar-refractivity contribution in [3.63, 3.8) is 0 Å². The van der Waals surface area contributed by atoms with E-state index in [2.05, 4.69) is 0 Å². The minimum atomic E-state index is -0.944. The van der Waals surface area contributed by atoms with Crippen molar-refractivity contribution in [2.45, 2.75) is 12.6 Å². The third kappa shape index (κ3) is 5.49. The lowest BCUT2D eigenvalue weighted by atomic mass is 9.95. The monoisotopic (exact) mass is 506 g/mol. The molecule has 0 spiro atoms. The van der Waals surface area contributed by atoms with E-state index in [0.717, 1.165) is 11.6 Å². The molecule has 0 saturated carbocycles. The number of nitrogens with zero attached hydrogens (tertiary/aromatic N) is 2. The molecule has 1 saturated heterocycles. The van der Waals surface area contributed by atoms with Crippen LogP contribution >= 0.6 is 0 Å². The molecule has 1 aliphatic rings. The first-order valence-corrected chi connectivity index (χ1v) is 11.3. The van der Waals surface area contributed by atoms with E-state index in [0.29, 0.717) is 11.3 Å². The van der Waals surface area contributed by atoms with Gasteiger partial charge in [-0.05, 0) is 35.4 Å². The van der Waals surface area contributed by atoms with Gasteiger partial charge in [-0.1, -0.05) is 36.4 Å². The van der Waals surface area contributed by atoms with E-state index >= 15 is 0 Å². The molecule has 9 nitrogen and oxygen atoms in total. The first-order chi connectivity index (χ1) is 17.8. The number of aliphatic hydroxyl groups is 1. The Labute approximate surface area is 211 Å². The number of likely N-dealkylation sites (tertiary alicyclic amines) is 1. The summed E-state index contributed by atoms with van der Waals surface area (Å²) in [6, 6.07) is 16.8. The van der Waals surface area contributed by atoms with Crippen LogP contribution in [0, 0.1) is 15.9 Å². The van der Waals surface area contributed by atoms with E-state index in [1.54, 1.807) is 36.4 Å². The van der Waals surface area contributed by atoms with E-state index in [1.807, 2.05) is 0 Å². The van der Waals surface area contributed by atoms with Crippen molar-refractivity contribution in [3.05, 3.63) is 111 Å². The quantitative estimate of drug-likeness (QED) is 0.150. The fraction of sp³-hybridized carbons (Fsp3) is 0.185. The molecule has 1 atom stereocenters. The topological polar surface area (TPSA) is 119 Å². The number of methoxy groups -OCH3 is 1. The van der Waals surface area contributed by atoms with Crippen LogP contribution in [-0.2, 0) is 20.9 Å². The number of nitro groups is 1. The zero-order valence-electron chi connectivity index (χ0n) is 19.8. The molecule has 0 aliphatic carbocycles. The SMILES string of the molecule is COCCN1C(=O)C(=O)/C(=C(\O)c2cccc([N+](=O)[O-])c2)C1c1ccc(OCc2ccc(F)cc2)cc1. The third-order valence-corrected chi connectivity index (χ3v) is 5.92. The van der Waals surface area contributed by atoms with Crippen LogP contribution in [0.3, 0.4) is 0 Å². The summed E-state index contributed by atoms with van der Waals surface area (Å²) in [7, 11) is 1.46. The number of non-ortho nitro benzene ring substituents is 1. The van der Waals surface area contributed by atoms with E-state index in [-0.39, 0.29) is 42.4 Å². The summed E-state index contributed by atoms with van der Waals surface area (Å²) in [5.41, 5.74) is 0.897. The second-order valence-electron chi connectivity index (χ2n) is 8.28. The molecule has 3 aromatic rings. The predicted octanol–water partition coefficient (Wildman–Crippen LogP) is 4.38. The number of rotatable bonds is 9. The normalized spacial score (nSPS) is 16.7. The van der Waals surface area contributed by atoms with E-state index in [1.165, 1.54) is 42.3 Å². The highest BCUT2D eigenvalue weighted by Crippen LogP contribution is 2.40. The van der Waals surface area contributed by atoms with Crippen molar-refractivity contribution >= 4 is 23.1 Å².